The standard InChI is InChI=1S/C26H17Cl2FN4O3/c1-15-21(25(35)33(30-15)18-9-10-19(27)20(28)13-18)22-23(31-11-3-2-4-12-31)26(36)32(24(22)34)14-16-5-7-17(29)8-6-16/h2-13H,14H2,1H3. The van der Waals surface area contributed by atoms with Crippen molar-refractivity contribution in [2.24, 2.45) is 0 Å². The summed E-state index contributed by atoms with van der Waals surface area (Å²) in [6.45, 7) is 1.50. The lowest BCUT2D eigenvalue weighted by atomic mass is 10.0. The number of aromatic nitrogens is 3. The molecule has 2 amide bonds. The highest BCUT2D eigenvalue weighted by Crippen LogP contribution is 2.37. The molecule has 0 spiro atoms. The molecule has 1 aliphatic rings. The maximum Gasteiger partial charge on any atom is 0.327 e. The highest BCUT2D eigenvalue weighted by molar-refractivity contribution is 6.45. The Kier molecular flexibility index (Phi) is 6.07. The van der Waals surface area contributed by atoms with Crippen LogP contribution in [0.25, 0.3) is 17.0 Å². The molecule has 0 bridgehead atoms. The molecule has 2 aromatic heterocycles. The highest BCUT2D eigenvalue weighted by Gasteiger charge is 2.46. The molecule has 0 unspecified atom stereocenters. The molecule has 36 heavy (non-hydrogen) atoms. The third kappa shape index (κ3) is 4.04. The van der Waals surface area contributed by atoms with E-state index in [1.807, 2.05) is 0 Å². The van der Waals surface area contributed by atoms with Crippen molar-refractivity contribution in [3.63, 3.8) is 0 Å². The van der Waals surface area contributed by atoms with Gasteiger partial charge in [0, 0.05) is 17.7 Å². The molecule has 3 heterocycles. The van der Waals surface area contributed by atoms with Gasteiger partial charge in [-0.3, -0.25) is 14.5 Å². The van der Waals surface area contributed by atoms with Crippen LogP contribution in [0, 0.1) is 12.7 Å². The van der Waals surface area contributed by atoms with Crippen molar-refractivity contribution in [2.75, 3.05) is 0 Å². The van der Waals surface area contributed by atoms with Crippen LogP contribution in [-0.4, -0.2) is 26.5 Å². The zero-order chi connectivity index (χ0) is 25.6. The van der Waals surface area contributed by atoms with E-state index in [0.29, 0.717) is 16.3 Å². The molecule has 4 aromatic rings. The van der Waals surface area contributed by atoms with Crippen molar-refractivity contribution in [3.8, 4) is 11.6 Å². The summed E-state index contributed by atoms with van der Waals surface area (Å²) in [6, 6.07) is 15.3. The summed E-state index contributed by atoms with van der Waals surface area (Å²) in [7, 11) is 0. The number of halogens is 3. The number of benzene rings is 2. The number of aryl methyl sites for hydroxylation is 1. The maximum absolute atomic E-state index is 13.7. The van der Waals surface area contributed by atoms with Crippen molar-refractivity contribution in [1.29, 1.82) is 0 Å². The van der Waals surface area contributed by atoms with Crippen LogP contribution in [0.4, 0.5) is 4.39 Å². The van der Waals surface area contributed by atoms with Gasteiger partial charge < -0.3 is 5.11 Å². The Hall–Kier alpha value is -4.01. The van der Waals surface area contributed by atoms with E-state index in [-0.39, 0.29) is 34.1 Å². The first kappa shape index (κ1) is 23.7. The van der Waals surface area contributed by atoms with Gasteiger partial charge in [-0.1, -0.05) is 41.4 Å². The molecule has 0 saturated carbocycles. The van der Waals surface area contributed by atoms with Crippen molar-refractivity contribution in [2.45, 2.75) is 13.5 Å². The fraction of sp³-hybridized carbons (Fsp3) is 0.0769. The van der Waals surface area contributed by atoms with Crippen LogP contribution in [-0.2, 0) is 16.1 Å². The predicted molar refractivity (Wildman–Crippen MR) is 129 cm³/mol. The summed E-state index contributed by atoms with van der Waals surface area (Å²) < 4.78 is 16.0. The molecule has 2 aromatic carbocycles. The summed E-state index contributed by atoms with van der Waals surface area (Å²) in [5.74, 6) is -2.25. The minimum Gasteiger partial charge on any atom is -0.858 e. The maximum atomic E-state index is 13.7. The highest BCUT2D eigenvalue weighted by atomic mass is 35.5. The van der Waals surface area contributed by atoms with Gasteiger partial charge in [-0.2, -0.15) is 9.67 Å². The van der Waals surface area contributed by atoms with Crippen molar-refractivity contribution >= 4 is 46.3 Å². The molecule has 0 N–H and O–H groups in total. The molecule has 7 nitrogen and oxygen atoms in total. The van der Waals surface area contributed by atoms with Gasteiger partial charge in [0.2, 0.25) is 0 Å². The van der Waals surface area contributed by atoms with E-state index in [0.717, 1.165) is 9.58 Å². The molecule has 5 rings (SSSR count). The second-order valence-corrected chi connectivity index (χ2v) is 8.92. The fourth-order valence-corrected chi connectivity index (χ4v) is 4.37. The first-order valence-electron chi connectivity index (χ1n) is 10.8. The number of hydrogen-bond donors (Lipinski definition) is 0. The number of rotatable bonds is 5. The summed E-state index contributed by atoms with van der Waals surface area (Å²) in [5, 5.41) is 18.5. The summed E-state index contributed by atoms with van der Waals surface area (Å²) in [4.78, 5) is 28.2. The largest absolute Gasteiger partial charge is 0.858 e. The van der Waals surface area contributed by atoms with Crippen LogP contribution in [0.1, 0.15) is 16.8 Å². The zero-order valence-corrected chi connectivity index (χ0v) is 20.3. The van der Waals surface area contributed by atoms with Crippen LogP contribution in [0.2, 0.25) is 10.0 Å². The molecule has 0 atom stereocenters. The monoisotopic (exact) mass is 522 g/mol. The number of amides is 2. The minimum atomic E-state index is -0.649. The van der Waals surface area contributed by atoms with Crippen molar-refractivity contribution in [3.05, 3.63) is 106 Å². The molecule has 0 radical (unpaired) electrons. The second-order valence-electron chi connectivity index (χ2n) is 8.11. The Bertz CT molecular complexity index is 1550. The lowest BCUT2D eigenvalue weighted by Crippen LogP contribution is -2.39. The van der Waals surface area contributed by atoms with Gasteiger partial charge in [0.05, 0.1) is 28.0 Å². The Morgan fingerprint density at radius 2 is 1.67 bits per heavy atom. The number of pyridine rings is 1. The number of hydrogen-bond acceptors (Lipinski definition) is 4. The van der Waals surface area contributed by atoms with Crippen LogP contribution in [0.3, 0.4) is 0 Å². The van der Waals surface area contributed by atoms with Gasteiger partial charge in [0.25, 0.3) is 11.6 Å². The van der Waals surface area contributed by atoms with Gasteiger partial charge in [0.15, 0.2) is 12.4 Å². The van der Waals surface area contributed by atoms with Crippen molar-refractivity contribution in [1.82, 2.24) is 14.7 Å². The number of carbonyl (C=O) groups excluding carboxylic acids is 2. The topological polar surface area (TPSA) is 82.1 Å². The zero-order valence-electron chi connectivity index (χ0n) is 18.8. The third-order valence-corrected chi connectivity index (χ3v) is 6.53. The van der Waals surface area contributed by atoms with Crippen LogP contribution >= 0.6 is 23.2 Å². The van der Waals surface area contributed by atoms with Crippen LogP contribution in [0.15, 0.2) is 73.1 Å². The van der Waals surface area contributed by atoms with E-state index in [1.54, 1.807) is 43.6 Å². The van der Waals surface area contributed by atoms with Gasteiger partial charge in [-0.25, -0.2) is 9.07 Å². The van der Waals surface area contributed by atoms with E-state index in [2.05, 4.69) is 5.10 Å². The van der Waals surface area contributed by atoms with E-state index in [1.165, 1.54) is 41.0 Å². The predicted octanol–water partition coefficient (Wildman–Crippen LogP) is 3.93. The third-order valence-electron chi connectivity index (χ3n) is 5.79. The molecule has 10 heteroatoms. The SMILES string of the molecule is Cc1nn(-c2ccc(Cl)c(Cl)c2)c([O-])c1C1=C([n+]2ccccc2)C(=O)N(Cc2ccc(F)cc2)C1=O. The molecule has 0 aliphatic carbocycles. The van der Waals surface area contributed by atoms with E-state index >= 15 is 0 Å². The molecule has 180 valence electrons. The second kappa shape index (κ2) is 9.22. The molecular formula is C26H17Cl2FN4O3. The van der Waals surface area contributed by atoms with Crippen LogP contribution < -0.4 is 9.67 Å². The fourth-order valence-electron chi connectivity index (χ4n) is 4.08. The molecule has 0 fully saturated rings. The summed E-state index contributed by atoms with van der Waals surface area (Å²) in [6.07, 6.45) is 3.23. The van der Waals surface area contributed by atoms with Gasteiger partial charge >= 0.3 is 5.91 Å². The number of nitrogens with zero attached hydrogens (tertiary/aromatic N) is 4. The molecular weight excluding hydrogens is 506 g/mol. The molecule has 0 saturated heterocycles. The van der Waals surface area contributed by atoms with Gasteiger partial charge in [-0.05, 0) is 48.7 Å². The minimum absolute atomic E-state index is 0.00683. The Morgan fingerprint density at radius 1 is 0.972 bits per heavy atom. The summed E-state index contributed by atoms with van der Waals surface area (Å²) in [5.41, 5.74) is 1.15. The number of imide groups is 1. The lowest BCUT2D eigenvalue weighted by Gasteiger charge is -2.16. The van der Waals surface area contributed by atoms with Crippen molar-refractivity contribution < 1.29 is 23.7 Å². The van der Waals surface area contributed by atoms with Gasteiger partial charge in [-0.15, -0.1) is 0 Å². The normalized spacial score (nSPS) is 13.7. The molecule has 1 aliphatic heterocycles. The van der Waals surface area contributed by atoms with E-state index < -0.39 is 23.5 Å². The van der Waals surface area contributed by atoms with Gasteiger partial charge in [0.1, 0.15) is 11.4 Å². The Balaban J connectivity index is 1.66. The smallest absolute Gasteiger partial charge is 0.327 e. The lowest BCUT2D eigenvalue weighted by molar-refractivity contribution is -0.576. The first-order chi connectivity index (χ1) is 17.3. The first-order valence-corrected chi connectivity index (χ1v) is 11.6. The Morgan fingerprint density at radius 3 is 2.33 bits per heavy atom. The van der Waals surface area contributed by atoms with E-state index in [4.69, 9.17) is 23.2 Å². The quantitative estimate of drug-likeness (QED) is 0.293. The van der Waals surface area contributed by atoms with E-state index in [9.17, 15) is 19.1 Å². The summed E-state index contributed by atoms with van der Waals surface area (Å²) >= 11 is 12.1. The average molecular weight is 523 g/mol. The average Bonchev–Trinajstić information content (AvgIpc) is 3.29. The Labute approximate surface area is 215 Å². The number of carbonyl (C=O) groups is 2. The van der Waals surface area contributed by atoms with Crippen LogP contribution in [0.5, 0.6) is 5.88 Å².